The Morgan fingerprint density at radius 1 is 1.22 bits per heavy atom. The van der Waals surface area contributed by atoms with E-state index in [9.17, 15) is 40.2 Å². The van der Waals surface area contributed by atoms with Crippen molar-refractivity contribution < 1.29 is 59.2 Å². The molecule has 176 valence electrons. The average molecular weight is 456 g/mol. The molecule has 4 rings (SSSR count). The molecule has 0 amide bonds. The summed E-state index contributed by atoms with van der Waals surface area (Å²) in [4.78, 5) is 24.0. The summed E-state index contributed by atoms with van der Waals surface area (Å²) in [5, 5.41) is 59.1. The summed E-state index contributed by atoms with van der Waals surface area (Å²) in [7, 11) is 0. The first-order valence-corrected chi connectivity index (χ1v) is 9.98. The number of allylic oxidation sites excluding steroid dienone is 1. The van der Waals surface area contributed by atoms with Gasteiger partial charge in [0.05, 0.1) is 36.0 Å². The Morgan fingerprint density at radius 2 is 1.94 bits per heavy atom. The van der Waals surface area contributed by atoms with Crippen molar-refractivity contribution in [2.75, 3.05) is 6.61 Å². The molecule has 1 unspecified atom stereocenters. The van der Waals surface area contributed by atoms with Crippen LogP contribution in [0.25, 0.3) is 0 Å². The second-order valence-electron chi connectivity index (χ2n) is 8.15. The van der Waals surface area contributed by atoms with Crippen molar-refractivity contribution in [2.24, 2.45) is 11.8 Å². The van der Waals surface area contributed by atoms with Gasteiger partial charge in [-0.25, -0.2) is 9.59 Å². The van der Waals surface area contributed by atoms with Crippen molar-refractivity contribution in [1.82, 2.24) is 0 Å². The van der Waals surface area contributed by atoms with Crippen LogP contribution in [0.5, 0.6) is 0 Å². The first-order valence-electron chi connectivity index (χ1n) is 9.98. The van der Waals surface area contributed by atoms with Gasteiger partial charge >= 0.3 is 11.9 Å². The lowest BCUT2D eigenvalue weighted by molar-refractivity contribution is -0.344. The molecule has 0 aromatic rings. The highest BCUT2D eigenvalue weighted by atomic mass is 16.8. The number of aliphatic hydroxyl groups is 5. The van der Waals surface area contributed by atoms with E-state index in [1.807, 2.05) is 0 Å². The molecule has 12 heteroatoms. The monoisotopic (exact) mass is 456 g/mol. The number of carboxylic acids is 1. The SMILES string of the molecule is C[C@H](O)C1=CC2(C=C[C@@H]3C(C(=O)O)=CO[C@@H](O[C@@H]4O[C@H](CO)[C@@H](O)[C@H](O)[C@H]4O)[C@@H]32)OC1=O. The topological polar surface area (TPSA) is 192 Å². The lowest BCUT2D eigenvalue weighted by atomic mass is 9.78. The Balaban J connectivity index is 1.67. The highest BCUT2D eigenvalue weighted by Gasteiger charge is 2.59. The van der Waals surface area contributed by atoms with Crippen LogP contribution in [0.1, 0.15) is 6.92 Å². The van der Waals surface area contributed by atoms with Crippen LogP contribution in [0.3, 0.4) is 0 Å². The third-order valence-corrected chi connectivity index (χ3v) is 6.15. The zero-order valence-electron chi connectivity index (χ0n) is 16.8. The van der Waals surface area contributed by atoms with Crippen LogP contribution in [-0.4, -0.2) is 97.9 Å². The zero-order chi connectivity index (χ0) is 23.4. The third kappa shape index (κ3) is 3.53. The average Bonchev–Trinajstić information content (AvgIpc) is 3.28. The molecule has 0 bridgehead atoms. The molecular formula is C20H24O12. The number of carbonyl (C=O) groups excluding carboxylic acids is 1. The summed E-state index contributed by atoms with van der Waals surface area (Å²) >= 11 is 0. The molecule has 3 heterocycles. The largest absolute Gasteiger partial charge is 0.478 e. The molecule has 0 radical (unpaired) electrons. The van der Waals surface area contributed by atoms with Crippen LogP contribution in [-0.2, 0) is 28.5 Å². The third-order valence-electron chi connectivity index (χ3n) is 6.15. The van der Waals surface area contributed by atoms with Gasteiger partial charge in [0.25, 0.3) is 0 Å². The van der Waals surface area contributed by atoms with Crippen molar-refractivity contribution in [2.45, 2.75) is 55.6 Å². The Kier molecular flexibility index (Phi) is 5.88. The highest BCUT2D eigenvalue weighted by Crippen LogP contribution is 2.50. The van der Waals surface area contributed by atoms with E-state index in [4.69, 9.17) is 18.9 Å². The normalized spacial score (nSPS) is 43.9. The molecular weight excluding hydrogens is 432 g/mol. The van der Waals surface area contributed by atoms with Crippen LogP contribution in [0, 0.1) is 11.8 Å². The van der Waals surface area contributed by atoms with Crippen molar-refractivity contribution in [3.8, 4) is 0 Å². The van der Waals surface area contributed by atoms with Crippen LogP contribution < -0.4 is 0 Å². The molecule has 0 aromatic heterocycles. The maximum Gasteiger partial charge on any atom is 0.337 e. The van der Waals surface area contributed by atoms with E-state index in [1.165, 1.54) is 25.2 Å². The number of fused-ring (bicyclic) bond motifs is 2. The van der Waals surface area contributed by atoms with E-state index in [0.717, 1.165) is 6.26 Å². The minimum Gasteiger partial charge on any atom is -0.478 e. The maximum atomic E-state index is 12.3. The Labute approximate surface area is 181 Å². The first kappa shape index (κ1) is 22.9. The van der Waals surface area contributed by atoms with Gasteiger partial charge in [-0.05, 0) is 19.1 Å². The van der Waals surface area contributed by atoms with Crippen LogP contribution in [0.15, 0.2) is 35.6 Å². The molecule has 1 spiro atoms. The fourth-order valence-electron chi connectivity index (χ4n) is 4.46. The van der Waals surface area contributed by atoms with Crippen LogP contribution in [0.4, 0.5) is 0 Å². The van der Waals surface area contributed by atoms with Crippen molar-refractivity contribution >= 4 is 11.9 Å². The fraction of sp³-hybridized carbons (Fsp3) is 0.600. The van der Waals surface area contributed by atoms with Gasteiger partial charge < -0.3 is 49.6 Å². The summed E-state index contributed by atoms with van der Waals surface area (Å²) in [5.41, 5.74) is -1.65. The van der Waals surface area contributed by atoms with E-state index >= 15 is 0 Å². The number of carbonyl (C=O) groups is 2. The minimum atomic E-state index is -1.72. The maximum absolute atomic E-state index is 12.3. The second-order valence-corrected chi connectivity index (χ2v) is 8.15. The van der Waals surface area contributed by atoms with Crippen molar-refractivity contribution in [3.05, 3.63) is 35.6 Å². The van der Waals surface area contributed by atoms with Gasteiger partial charge in [-0.3, -0.25) is 0 Å². The zero-order valence-corrected chi connectivity index (χ0v) is 16.8. The lowest BCUT2D eigenvalue weighted by Crippen LogP contribution is -2.60. The fourth-order valence-corrected chi connectivity index (χ4v) is 4.46. The number of aliphatic hydroxyl groups excluding tert-OH is 5. The number of hydrogen-bond acceptors (Lipinski definition) is 11. The summed E-state index contributed by atoms with van der Waals surface area (Å²) in [6, 6.07) is 0. The number of ether oxygens (including phenoxy) is 4. The number of aliphatic carboxylic acids is 1. The van der Waals surface area contributed by atoms with E-state index in [-0.39, 0.29) is 11.1 Å². The highest BCUT2D eigenvalue weighted by molar-refractivity contribution is 5.93. The summed E-state index contributed by atoms with van der Waals surface area (Å²) in [5.74, 6) is -3.86. The van der Waals surface area contributed by atoms with Crippen molar-refractivity contribution in [3.63, 3.8) is 0 Å². The second kappa shape index (κ2) is 8.23. The molecule has 1 aliphatic carbocycles. The molecule has 4 aliphatic rings. The molecule has 10 atom stereocenters. The minimum absolute atomic E-state index is 0.0201. The smallest absolute Gasteiger partial charge is 0.337 e. The van der Waals surface area contributed by atoms with E-state index in [0.29, 0.717) is 0 Å². The van der Waals surface area contributed by atoms with E-state index in [2.05, 4.69) is 0 Å². The van der Waals surface area contributed by atoms with Gasteiger partial charge in [0.2, 0.25) is 6.29 Å². The Morgan fingerprint density at radius 3 is 2.53 bits per heavy atom. The van der Waals surface area contributed by atoms with Gasteiger partial charge in [0, 0.05) is 5.92 Å². The molecule has 32 heavy (non-hydrogen) atoms. The van der Waals surface area contributed by atoms with Gasteiger partial charge in [-0.15, -0.1) is 0 Å². The molecule has 1 saturated heterocycles. The predicted octanol–water partition coefficient (Wildman–Crippen LogP) is -2.47. The molecule has 3 aliphatic heterocycles. The van der Waals surface area contributed by atoms with Gasteiger partial charge in [0.1, 0.15) is 24.4 Å². The van der Waals surface area contributed by atoms with Crippen molar-refractivity contribution in [1.29, 1.82) is 0 Å². The lowest BCUT2D eigenvalue weighted by Gasteiger charge is -2.44. The standard InChI is InChI=1S/C20H24O12/c1-7(22)9-4-20(32-17(9)28)3-2-8-10(16(26)27)6-29-18(12(8)20)31-19-15(25)14(24)13(23)11(5-21)30-19/h2-4,6-8,11-15,18-19,21-25H,5H2,1H3,(H,26,27)/t7-,8+,11+,12+,13+,14-,15+,18-,19-,20?/m0/s1. The van der Waals surface area contributed by atoms with Gasteiger partial charge in [-0.1, -0.05) is 6.08 Å². The predicted molar refractivity (Wildman–Crippen MR) is 100 cm³/mol. The molecule has 6 N–H and O–H groups in total. The quantitative estimate of drug-likeness (QED) is 0.189. The molecule has 0 aromatic carbocycles. The van der Waals surface area contributed by atoms with Gasteiger partial charge in [0.15, 0.2) is 11.9 Å². The number of rotatable bonds is 5. The van der Waals surface area contributed by atoms with Crippen LogP contribution >= 0.6 is 0 Å². The number of carboxylic acid groups (broad SMARTS) is 1. The Bertz CT molecular complexity index is 876. The number of esters is 1. The number of hydrogen-bond donors (Lipinski definition) is 6. The van der Waals surface area contributed by atoms with Crippen LogP contribution in [0.2, 0.25) is 0 Å². The molecule has 0 saturated carbocycles. The summed E-state index contributed by atoms with van der Waals surface area (Å²) in [6.07, 6.45) is -4.95. The summed E-state index contributed by atoms with van der Waals surface area (Å²) < 4.78 is 22.1. The van der Waals surface area contributed by atoms with Gasteiger partial charge in [-0.2, -0.15) is 0 Å². The van der Waals surface area contributed by atoms with E-state index in [1.54, 1.807) is 0 Å². The molecule has 1 fully saturated rings. The summed E-state index contributed by atoms with van der Waals surface area (Å²) in [6.45, 7) is 0.708. The molecule has 12 nitrogen and oxygen atoms in total. The van der Waals surface area contributed by atoms with E-state index < -0.39 is 79.1 Å². The first-order chi connectivity index (χ1) is 15.1. The Hall–Kier alpha value is -2.32.